The number of rotatable bonds is 2. The maximum Gasteiger partial charge on any atom is 0.286 e. The Morgan fingerprint density at radius 1 is 0.862 bits per heavy atom. The minimum absolute atomic E-state index is 0.0491. The van der Waals surface area contributed by atoms with E-state index >= 15 is 0 Å². The second kappa shape index (κ2) is 6.18. The number of amides is 2. The number of carbonyl (C=O) groups excluding carboxylic acids is 2. The number of fused-ring (bicyclic) bond motifs is 3. The molecule has 142 valence electrons. The number of aromatic nitrogens is 3. The predicted molar refractivity (Wildman–Crippen MR) is 110 cm³/mol. The second-order valence-electron chi connectivity index (χ2n) is 6.78. The number of benzene rings is 2. The van der Waals surface area contributed by atoms with Gasteiger partial charge < -0.3 is 0 Å². The SMILES string of the molecule is Cc1cccc(N2C(=O)c3sc4nnc(-c5ccccc5)c(=O)n4c3C2=O)c1C. The van der Waals surface area contributed by atoms with Gasteiger partial charge in [-0.05, 0) is 31.0 Å². The molecule has 29 heavy (non-hydrogen) atoms. The Morgan fingerprint density at radius 2 is 1.62 bits per heavy atom. The van der Waals surface area contributed by atoms with Crippen LogP contribution in [0.1, 0.15) is 31.3 Å². The molecule has 2 aromatic carbocycles. The molecule has 3 heterocycles. The third-order valence-corrected chi connectivity index (χ3v) is 6.15. The molecule has 0 unspecified atom stereocenters. The molecule has 2 aromatic heterocycles. The van der Waals surface area contributed by atoms with Crippen LogP contribution >= 0.6 is 11.3 Å². The molecule has 0 saturated carbocycles. The average molecular weight is 402 g/mol. The zero-order valence-corrected chi connectivity index (χ0v) is 16.4. The Labute approximate surface area is 168 Å². The summed E-state index contributed by atoms with van der Waals surface area (Å²) < 4.78 is 1.21. The minimum atomic E-state index is -0.529. The Hall–Kier alpha value is -3.65. The van der Waals surface area contributed by atoms with Crippen LogP contribution in [-0.4, -0.2) is 26.4 Å². The van der Waals surface area contributed by atoms with Gasteiger partial charge in [-0.1, -0.05) is 53.8 Å². The van der Waals surface area contributed by atoms with Gasteiger partial charge in [-0.15, -0.1) is 10.2 Å². The molecule has 0 N–H and O–H groups in total. The molecule has 2 amide bonds. The Bertz CT molecular complexity index is 1390. The maximum atomic E-state index is 13.3. The quantitative estimate of drug-likeness (QED) is 0.481. The molecule has 0 radical (unpaired) electrons. The molecule has 0 spiro atoms. The zero-order valence-electron chi connectivity index (χ0n) is 15.5. The molecule has 0 saturated heterocycles. The zero-order chi connectivity index (χ0) is 20.3. The summed E-state index contributed by atoms with van der Waals surface area (Å²) in [5.41, 5.74) is 2.64. The summed E-state index contributed by atoms with van der Waals surface area (Å²) in [6.07, 6.45) is 0. The highest BCUT2D eigenvalue weighted by Crippen LogP contribution is 2.35. The number of anilines is 1. The van der Waals surface area contributed by atoms with Crippen LogP contribution in [0.3, 0.4) is 0 Å². The second-order valence-corrected chi connectivity index (χ2v) is 7.76. The largest absolute Gasteiger partial charge is 0.286 e. The summed E-state index contributed by atoms with van der Waals surface area (Å²) >= 11 is 1.00. The summed E-state index contributed by atoms with van der Waals surface area (Å²) in [7, 11) is 0. The summed E-state index contributed by atoms with van der Waals surface area (Å²) in [5.74, 6) is -0.978. The molecule has 1 aliphatic heterocycles. The molecular weight excluding hydrogens is 388 g/mol. The van der Waals surface area contributed by atoms with E-state index in [1.54, 1.807) is 36.4 Å². The van der Waals surface area contributed by atoms with Crippen LogP contribution in [-0.2, 0) is 0 Å². The third-order valence-electron chi connectivity index (χ3n) is 5.13. The number of hydrogen-bond acceptors (Lipinski definition) is 6. The molecule has 0 atom stereocenters. The van der Waals surface area contributed by atoms with Crippen LogP contribution in [0.15, 0.2) is 53.3 Å². The highest BCUT2D eigenvalue weighted by molar-refractivity contribution is 7.19. The number of imide groups is 1. The standard InChI is InChI=1S/C21H14N4O3S/c1-11-7-6-10-14(12(11)2)24-19(27)16-17(20(24)28)29-21-23-22-15(18(26)25(16)21)13-8-4-3-5-9-13/h3-10H,1-2H3. The summed E-state index contributed by atoms with van der Waals surface area (Å²) in [6.45, 7) is 3.78. The lowest BCUT2D eigenvalue weighted by Crippen LogP contribution is -2.32. The first kappa shape index (κ1) is 17.4. The number of nitrogens with zero attached hydrogens (tertiary/aromatic N) is 4. The monoisotopic (exact) mass is 402 g/mol. The van der Waals surface area contributed by atoms with E-state index in [0.717, 1.165) is 27.4 Å². The molecule has 5 rings (SSSR count). The fourth-order valence-electron chi connectivity index (χ4n) is 3.49. The van der Waals surface area contributed by atoms with Gasteiger partial charge in [0, 0.05) is 5.56 Å². The number of thiazole rings is 1. The van der Waals surface area contributed by atoms with Crippen LogP contribution in [0.5, 0.6) is 0 Å². The van der Waals surface area contributed by atoms with Crippen molar-refractivity contribution in [2.45, 2.75) is 13.8 Å². The van der Waals surface area contributed by atoms with Gasteiger partial charge in [0.2, 0.25) is 4.96 Å². The van der Waals surface area contributed by atoms with E-state index in [2.05, 4.69) is 10.2 Å². The lowest BCUT2D eigenvalue weighted by molar-refractivity contribution is 0.0924. The molecule has 8 heteroatoms. The fraction of sp³-hybridized carbons (Fsp3) is 0.0952. The Balaban J connectivity index is 1.73. The van der Waals surface area contributed by atoms with Crippen molar-refractivity contribution >= 4 is 33.8 Å². The predicted octanol–water partition coefficient (Wildman–Crippen LogP) is 3.24. The summed E-state index contributed by atoms with van der Waals surface area (Å²) in [6, 6.07) is 14.4. The van der Waals surface area contributed by atoms with E-state index in [1.165, 1.54) is 4.40 Å². The van der Waals surface area contributed by atoms with Crippen LogP contribution in [0, 0.1) is 13.8 Å². The van der Waals surface area contributed by atoms with E-state index in [1.807, 2.05) is 26.0 Å². The van der Waals surface area contributed by atoms with Crippen molar-refractivity contribution in [3.63, 3.8) is 0 Å². The topological polar surface area (TPSA) is 84.6 Å². The highest BCUT2D eigenvalue weighted by Gasteiger charge is 2.42. The molecule has 0 aliphatic carbocycles. The van der Waals surface area contributed by atoms with Crippen LogP contribution in [0.2, 0.25) is 0 Å². The van der Waals surface area contributed by atoms with Crippen molar-refractivity contribution in [2.24, 2.45) is 0 Å². The van der Waals surface area contributed by atoms with Crippen molar-refractivity contribution in [1.29, 1.82) is 0 Å². The number of aryl methyl sites for hydroxylation is 1. The van der Waals surface area contributed by atoms with E-state index in [0.29, 0.717) is 11.3 Å². The Kier molecular flexibility index (Phi) is 3.72. The van der Waals surface area contributed by atoms with Crippen LogP contribution in [0.4, 0.5) is 5.69 Å². The van der Waals surface area contributed by atoms with Crippen molar-refractivity contribution < 1.29 is 9.59 Å². The molecule has 4 aromatic rings. The lowest BCUT2D eigenvalue weighted by atomic mass is 10.1. The van der Waals surface area contributed by atoms with Crippen molar-refractivity contribution in [2.75, 3.05) is 4.90 Å². The first-order valence-electron chi connectivity index (χ1n) is 8.91. The van der Waals surface area contributed by atoms with E-state index in [4.69, 9.17) is 0 Å². The maximum absolute atomic E-state index is 13.3. The lowest BCUT2D eigenvalue weighted by Gasteiger charge is -2.18. The van der Waals surface area contributed by atoms with Gasteiger partial charge in [-0.25, -0.2) is 9.30 Å². The highest BCUT2D eigenvalue weighted by atomic mass is 32.1. The van der Waals surface area contributed by atoms with Gasteiger partial charge in [0.05, 0.1) is 5.69 Å². The fourth-order valence-corrected chi connectivity index (χ4v) is 4.47. The average Bonchev–Trinajstić information content (AvgIpc) is 3.22. The molecule has 7 nitrogen and oxygen atoms in total. The minimum Gasteiger partial charge on any atom is -0.267 e. The van der Waals surface area contributed by atoms with E-state index in [9.17, 15) is 14.4 Å². The van der Waals surface area contributed by atoms with Gasteiger partial charge in [0.15, 0.2) is 5.69 Å². The molecular formula is C21H14N4O3S. The third kappa shape index (κ3) is 2.39. The van der Waals surface area contributed by atoms with Gasteiger partial charge in [0.1, 0.15) is 10.6 Å². The van der Waals surface area contributed by atoms with Crippen molar-refractivity contribution in [3.05, 3.63) is 80.6 Å². The molecule has 1 aliphatic rings. The summed E-state index contributed by atoms with van der Waals surface area (Å²) in [5, 5.41) is 8.12. The first-order chi connectivity index (χ1) is 14.0. The van der Waals surface area contributed by atoms with Crippen LogP contribution < -0.4 is 10.5 Å². The number of carbonyl (C=O) groups is 2. The van der Waals surface area contributed by atoms with Gasteiger partial charge in [0.25, 0.3) is 17.4 Å². The smallest absolute Gasteiger partial charge is 0.267 e. The summed E-state index contributed by atoms with van der Waals surface area (Å²) in [4.78, 5) is 41.0. The Morgan fingerprint density at radius 3 is 2.38 bits per heavy atom. The van der Waals surface area contributed by atoms with E-state index in [-0.39, 0.29) is 21.2 Å². The van der Waals surface area contributed by atoms with Gasteiger partial charge >= 0.3 is 0 Å². The van der Waals surface area contributed by atoms with Crippen molar-refractivity contribution in [1.82, 2.24) is 14.6 Å². The molecule has 0 fully saturated rings. The van der Waals surface area contributed by atoms with Gasteiger partial charge in [-0.2, -0.15) is 0 Å². The van der Waals surface area contributed by atoms with E-state index < -0.39 is 17.4 Å². The number of hydrogen-bond donors (Lipinski definition) is 0. The van der Waals surface area contributed by atoms with Crippen molar-refractivity contribution in [3.8, 4) is 11.3 Å². The van der Waals surface area contributed by atoms with Gasteiger partial charge in [-0.3, -0.25) is 14.4 Å². The normalized spacial score (nSPS) is 13.4. The molecule has 0 bridgehead atoms. The first-order valence-corrected chi connectivity index (χ1v) is 9.73. The van der Waals surface area contributed by atoms with Crippen LogP contribution in [0.25, 0.3) is 16.2 Å².